The number of nitrogens with zero attached hydrogens (tertiary/aromatic N) is 4. The molecule has 2 aromatic carbocycles. The van der Waals surface area contributed by atoms with E-state index in [1.165, 1.54) is 30.3 Å². The van der Waals surface area contributed by atoms with Crippen LogP contribution in [0, 0.1) is 11.6 Å². The Balaban J connectivity index is 2.22. The van der Waals surface area contributed by atoms with Gasteiger partial charge in [-0.3, -0.25) is 0 Å². The molecule has 0 fully saturated rings. The van der Waals surface area contributed by atoms with Crippen LogP contribution in [-0.2, 0) is 0 Å². The molecule has 106 valence electrons. The zero-order valence-corrected chi connectivity index (χ0v) is 11.2. The number of nitrogen functional groups attached to an aromatic ring is 1. The Labute approximate surface area is 123 Å². The number of nitrogens with two attached hydrogens (primary N) is 1. The second kappa shape index (κ2) is 5.10. The van der Waals surface area contributed by atoms with E-state index in [0.29, 0.717) is 5.69 Å². The fraction of sp³-hybridized carbons (Fsp3) is 0. The van der Waals surface area contributed by atoms with E-state index in [2.05, 4.69) is 15.5 Å². The van der Waals surface area contributed by atoms with Crippen molar-refractivity contribution in [3.8, 4) is 17.1 Å². The van der Waals surface area contributed by atoms with E-state index in [-0.39, 0.29) is 22.1 Å². The molecule has 0 aliphatic carbocycles. The van der Waals surface area contributed by atoms with Gasteiger partial charge in [-0.15, -0.1) is 5.10 Å². The maximum atomic E-state index is 14.1. The van der Waals surface area contributed by atoms with Crippen molar-refractivity contribution >= 4 is 17.3 Å². The van der Waals surface area contributed by atoms with Gasteiger partial charge < -0.3 is 5.73 Å². The summed E-state index contributed by atoms with van der Waals surface area (Å²) in [5.41, 5.74) is 6.06. The third kappa shape index (κ3) is 2.31. The Morgan fingerprint density at radius 1 is 1.14 bits per heavy atom. The number of hydrogen-bond donors (Lipinski definition) is 1. The number of hydrogen-bond acceptors (Lipinski definition) is 4. The second-order valence-electron chi connectivity index (χ2n) is 4.23. The minimum Gasteiger partial charge on any atom is -0.399 e. The summed E-state index contributed by atoms with van der Waals surface area (Å²) < 4.78 is 29.1. The summed E-state index contributed by atoms with van der Waals surface area (Å²) in [5.74, 6) is -1.24. The van der Waals surface area contributed by atoms with Crippen molar-refractivity contribution < 1.29 is 8.78 Å². The van der Waals surface area contributed by atoms with Crippen molar-refractivity contribution in [2.75, 3.05) is 5.73 Å². The van der Waals surface area contributed by atoms with Gasteiger partial charge in [-0.2, -0.15) is 4.68 Å². The molecule has 0 atom stereocenters. The first-order valence-electron chi connectivity index (χ1n) is 5.86. The summed E-state index contributed by atoms with van der Waals surface area (Å²) >= 11 is 5.73. The van der Waals surface area contributed by atoms with Crippen LogP contribution in [0.5, 0.6) is 0 Å². The lowest BCUT2D eigenvalue weighted by molar-refractivity contribution is 0.606. The van der Waals surface area contributed by atoms with Gasteiger partial charge in [0.2, 0.25) is 0 Å². The van der Waals surface area contributed by atoms with E-state index in [0.717, 1.165) is 4.68 Å². The molecular weight excluding hydrogens is 300 g/mol. The minimum absolute atomic E-state index is 0.0179. The summed E-state index contributed by atoms with van der Waals surface area (Å²) in [4.78, 5) is 0. The zero-order chi connectivity index (χ0) is 15.0. The van der Waals surface area contributed by atoms with Crippen LogP contribution in [-0.4, -0.2) is 20.2 Å². The largest absolute Gasteiger partial charge is 0.399 e. The number of halogens is 3. The van der Waals surface area contributed by atoms with Crippen molar-refractivity contribution in [1.82, 2.24) is 20.2 Å². The fourth-order valence-electron chi connectivity index (χ4n) is 1.89. The molecule has 5 nitrogen and oxygen atoms in total. The second-order valence-corrected chi connectivity index (χ2v) is 4.63. The molecule has 21 heavy (non-hydrogen) atoms. The summed E-state index contributed by atoms with van der Waals surface area (Å²) in [6.07, 6.45) is 0. The zero-order valence-electron chi connectivity index (χ0n) is 10.5. The smallest absolute Gasteiger partial charge is 0.190 e. The average molecular weight is 308 g/mol. The van der Waals surface area contributed by atoms with E-state index < -0.39 is 11.6 Å². The van der Waals surface area contributed by atoms with Crippen LogP contribution in [0.4, 0.5) is 14.5 Å². The first-order valence-corrected chi connectivity index (χ1v) is 6.24. The number of benzene rings is 2. The third-order valence-electron chi connectivity index (χ3n) is 2.86. The van der Waals surface area contributed by atoms with Crippen LogP contribution < -0.4 is 5.73 Å². The molecule has 3 aromatic rings. The van der Waals surface area contributed by atoms with Crippen molar-refractivity contribution in [3.63, 3.8) is 0 Å². The Morgan fingerprint density at radius 2 is 1.95 bits per heavy atom. The number of tetrazole rings is 1. The molecule has 0 aliphatic heterocycles. The lowest BCUT2D eigenvalue weighted by Gasteiger charge is -2.07. The highest BCUT2D eigenvalue weighted by Gasteiger charge is 2.18. The van der Waals surface area contributed by atoms with Gasteiger partial charge in [-0.1, -0.05) is 17.7 Å². The molecule has 0 saturated carbocycles. The third-order valence-corrected chi connectivity index (χ3v) is 3.15. The highest BCUT2D eigenvalue weighted by Crippen LogP contribution is 2.27. The number of anilines is 1. The summed E-state index contributed by atoms with van der Waals surface area (Å²) in [5, 5.41) is 10.8. The maximum absolute atomic E-state index is 14.1. The fourth-order valence-corrected chi connectivity index (χ4v) is 2.06. The lowest BCUT2D eigenvalue weighted by Crippen LogP contribution is -2.04. The Bertz CT molecular complexity index is 802. The molecular formula is C13H8ClF2N5. The van der Waals surface area contributed by atoms with Gasteiger partial charge >= 0.3 is 0 Å². The van der Waals surface area contributed by atoms with Gasteiger partial charge in [0, 0.05) is 5.69 Å². The maximum Gasteiger partial charge on any atom is 0.190 e. The van der Waals surface area contributed by atoms with Crippen LogP contribution in [0.15, 0.2) is 36.4 Å². The Morgan fingerprint density at radius 3 is 2.76 bits per heavy atom. The quantitative estimate of drug-likeness (QED) is 0.739. The molecule has 0 spiro atoms. The van der Waals surface area contributed by atoms with Gasteiger partial charge in [0.1, 0.15) is 11.5 Å². The Kier molecular flexibility index (Phi) is 3.26. The van der Waals surface area contributed by atoms with Crippen LogP contribution in [0.2, 0.25) is 5.02 Å². The van der Waals surface area contributed by atoms with Crippen LogP contribution in [0.1, 0.15) is 0 Å². The first-order chi connectivity index (χ1) is 10.1. The van der Waals surface area contributed by atoms with Crippen LogP contribution in [0.3, 0.4) is 0 Å². The molecule has 1 heterocycles. The van der Waals surface area contributed by atoms with Gasteiger partial charge in [0.15, 0.2) is 11.6 Å². The van der Waals surface area contributed by atoms with E-state index in [1.807, 2.05) is 0 Å². The van der Waals surface area contributed by atoms with Crippen molar-refractivity contribution in [2.45, 2.75) is 0 Å². The SMILES string of the molecule is Nc1ccc(F)c(-c2nnnn2-c2cccc(Cl)c2F)c1. The molecule has 1 aromatic heterocycles. The monoisotopic (exact) mass is 307 g/mol. The predicted molar refractivity (Wildman–Crippen MR) is 73.9 cm³/mol. The minimum atomic E-state index is -0.697. The standard InChI is InChI=1S/C13H8ClF2N5/c14-9-2-1-3-11(12(9)16)21-13(18-19-20-21)8-6-7(17)4-5-10(8)15/h1-6H,17H2. The molecule has 3 rings (SSSR count). The molecule has 0 bridgehead atoms. The topological polar surface area (TPSA) is 69.6 Å². The van der Waals surface area contributed by atoms with E-state index in [9.17, 15) is 8.78 Å². The number of rotatable bonds is 2. The van der Waals surface area contributed by atoms with Crippen LogP contribution in [0.25, 0.3) is 17.1 Å². The molecule has 8 heteroatoms. The molecule has 0 unspecified atom stereocenters. The number of aromatic nitrogens is 4. The van der Waals surface area contributed by atoms with Crippen molar-refractivity contribution in [2.24, 2.45) is 0 Å². The highest BCUT2D eigenvalue weighted by molar-refractivity contribution is 6.30. The molecule has 0 saturated heterocycles. The summed E-state index contributed by atoms with van der Waals surface area (Å²) in [7, 11) is 0. The Hall–Kier alpha value is -2.54. The lowest BCUT2D eigenvalue weighted by atomic mass is 10.1. The predicted octanol–water partition coefficient (Wildman–Crippen LogP) is 2.84. The normalized spacial score (nSPS) is 10.8. The molecule has 0 aliphatic rings. The molecule has 0 amide bonds. The van der Waals surface area contributed by atoms with Gasteiger partial charge in [-0.25, -0.2) is 8.78 Å². The highest BCUT2D eigenvalue weighted by atomic mass is 35.5. The van der Waals surface area contributed by atoms with E-state index >= 15 is 0 Å². The summed E-state index contributed by atoms with van der Waals surface area (Å²) in [6, 6.07) is 8.35. The van der Waals surface area contributed by atoms with Gasteiger partial charge in [0.25, 0.3) is 0 Å². The van der Waals surface area contributed by atoms with Crippen molar-refractivity contribution in [1.29, 1.82) is 0 Å². The molecule has 2 N–H and O–H groups in total. The summed E-state index contributed by atoms with van der Waals surface area (Å²) in [6.45, 7) is 0. The average Bonchev–Trinajstić information content (AvgIpc) is 2.93. The van der Waals surface area contributed by atoms with Crippen LogP contribution >= 0.6 is 11.6 Å². The van der Waals surface area contributed by atoms with Crippen molar-refractivity contribution in [3.05, 3.63) is 53.1 Å². The molecule has 0 radical (unpaired) electrons. The first kappa shape index (κ1) is 13.4. The van der Waals surface area contributed by atoms with Gasteiger partial charge in [0.05, 0.1) is 10.6 Å². The van der Waals surface area contributed by atoms with E-state index in [1.54, 1.807) is 6.07 Å². The van der Waals surface area contributed by atoms with Gasteiger partial charge in [-0.05, 0) is 40.8 Å². The van der Waals surface area contributed by atoms with E-state index in [4.69, 9.17) is 17.3 Å².